The van der Waals surface area contributed by atoms with E-state index in [0.29, 0.717) is 16.7 Å². The zero-order valence-corrected chi connectivity index (χ0v) is 10.6. The van der Waals surface area contributed by atoms with E-state index in [2.05, 4.69) is 0 Å². The molecular weight excluding hydrogens is 264 g/mol. The lowest BCUT2D eigenvalue weighted by Crippen LogP contribution is -2.07. The minimum atomic E-state index is -1.13. The molecule has 6 nitrogen and oxygen atoms in total. The highest BCUT2D eigenvalue weighted by atomic mass is 16.4. The summed E-state index contributed by atoms with van der Waals surface area (Å²) in [6.07, 6.45) is 2.04. The van der Waals surface area contributed by atoms with Crippen LogP contribution < -0.4 is 0 Å². The Morgan fingerprint density at radius 1 is 1.05 bits per heavy atom. The smallest absolute Gasteiger partial charge is 0.328 e. The molecule has 6 heteroatoms. The molecule has 0 radical (unpaired) electrons. The van der Waals surface area contributed by atoms with Crippen molar-refractivity contribution in [2.45, 2.75) is 19.3 Å². The van der Waals surface area contributed by atoms with Crippen LogP contribution >= 0.6 is 0 Å². The molecule has 0 amide bonds. The lowest BCUT2D eigenvalue weighted by molar-refractivity contribution is -0.137. The zero-order chi connectivity index (χ0) is 15.1. The van der Waals surface area contributed by atoms with Crippen molar-refractivity contribution in [3.8, 4) is 0 Å². The van der Waals surface area contributed by atoms with Gasteiger partial charge in [0.05, 0.1) is 6.42 Å². The van der Waals surface area contributed by atoms with Crippen LogP contribution in [0.4, 0.5) is 0 Å². The Kier molecular flexibility index (Phi) is 5.46. The topological polar surface area (TPSA) is 112 Å². The molecule has 0 spiro atoms. The highest BCUT2D eigenvalue weighted by Gasteiger charge is 2.11. The standard InChI is InChI=1S/C14H14O6/c15-12(16)6-4-9-2-1-3-10(8-14(19)20)11(9)5-7-13(17)18/h1-4,6H,5,7-8H2,(H,15,16)(H,17,18)(H,19,20). The van der Waals surface area contributed by atoms with Gasteiger partial charge in [0.1, 0.15) is 0 Å². The largest absolute Gasteiger partial charge is 0.481 e. The summed E-state index contributed by atoms with van der Waals surface area (Å²) in [5, 5.41) is 26.2. The Morgan fingerprint density at radius 3 is 2.30 bits per heavy atom. The van der Waals surface area contributed by atoms with Gasteiger partial charge in [-0.1, -0.05) is 18.2 Å². The second kappa shape index (κ2) is 7.08. The van der Waals surface area contributed by atoms with Crippen molar-refractivity contribution < 1.29 is 29.7 Å². The van der Waals surface area contributed by atoms with Gasteiger partial charge >= 0.3 is 17.9 Å². The first-order valence-corrected chi connectivity index (χ1v) is 5.85. The van der Waals surface area contributed by atoms with Crippen molar-refractivity contribution in [1.82, 2.24) is 0 Å². The molecule has 0 fully saturated rings. The minimum absolute atomic E-state index is 0.148. The highest BCUT2D eigenvalue weighted by molar-refractivity contribution is 5.86. The number of carbonyl (C=O) groups is 3. The first-order valence-electron chi connectivity index (χ1n) is 5.85. The van der Waals surface area contributed by atoms with E-state index in [1.165, 1.54) is 6.08 Å². The van der Waals surface area contributed by atoms with Crippen molar-refractivity contribution in [2.24, 2.45) is 0 Å². The van der Waals surface area contributed by atoms with Crippen molar-refractivity contribution in [2.75, 3.05) is 0 Å². The van der Waals surface area contributed by atoms with E-state index in [9.17, 15) is 14.4 Å². The summed E-state index contributed by atoms with van der Waals surface area (Å²) in [5.41, 5.74) is 1.56. The molecule has 0 aliphatic carbocycles. The molecule has 0 heterocycles. The Balaban J connectivity index is 3.16. The van der Waals surface area contributed by atoms with Gasteiger partial charge in [0.15, 0.2) is 0 Å². The van der Waals surface area contributed by atoms with Crippen molar-refractivity contribution in [3.63, 3.8) is 0 Å². The van der Waals surface area contributed by atoms with E-state index in [1.54, 1.807) is 18.2 Å². The van der Waals surface area contributed by atoms with Gasteiger partial charge in [0, 0.05) is 12.5 Å². The predicted molar refractivity (Wildman–Crippen MR) is 70.4 cm³/mol. The molecule has 0 unspecified atom stereocenters. The molecule has 1 rings (SSSR count). The lowest BCUT2D eigenvalue weighted by atomic mass is 9.94. The fourth-order valence-corrected chi connectivity index (χ4v) is 1.84. The minimum Gasteiger partial charge on any atom is -0.481 e. The molecule has 0 bridgehead atoms. The van der Waals surface area contributed by atoms with Gasteiger partial charge in [-0.15, -0.1) is 0 Å². The number of carboxylic acids is 3. The molecule has 0 aliphatic rings. The zero-order valence-electron chi connectivity index (χ0n) is 10.6. The van der Waals surface area contributed by atoms with Gasteiger partial charge in [0.2, 0.25) is 0 Å². The molecule has 0 aliphatic heterocycles. The fourth-order valence-electron chi connectivity index (χ4n) is 1.84. The predicted octanol–water partition coefficient (Wildman–Crippen LogP) is 1.43. The summed E-state index contributed by atoms with van der Waals surface area (Å²) in [6, 6.07) is 4.84. The number of hydrogen-bond donors (Lipinski definition) is 3. The summed E-state index contributed by atoms with van der Waals surface area (Å²) in [4.78, 5) is 32.0. The molecule has 1 aromatic carbocycles. The SMILES string of the molecule is O=C(O)C=Cc1cccc(CC(=O)O)c1CCC(=O)O. The van der Waals surface area contributed by atoms with Crippen LogP contribution in [-0.4, -0.2) is 33.2 Å². The Hall–Kier alpha value is -2.63. The first-order chi connectivity index (χ1) is 9.40. The van der Waals surface area contributed by atoms with Crippen LogP contribution in [0.5, 0.6) is 0 Å². The quantitative estimate of drug-likeness (QED) is 0.650. The molecule has 106 valence electrons. The van der Waals surface area contributed by atoms with E-state index in [0.717, 1.165) is 6.08 Å². The summed E-state index contributed by atoms with van der Waals surface area (Å²) in [7, 11) is 0. The average Bonchev–Trinajstić information content (AvgIpc) is 2.34. The van der Waals surface area contributed by atoms with Crippen LogP contribution in [-0.2, 0) is 27.2 Å². The van der Waals surface area contributed by atoms with Crippen molar-refractivity contribution in [1.29, 1.82) is 0 Å². The average molecular weight is 278 g/mol. The number of rotatable bonds is 7. The number of benzene rings is 1. The third-order valence-corrected chi connectivity index (χ3v) is 2.65. The van der Waals surface area contributed by atoms with Crippen LogP contribution in [0.15, 0.2) is 24.3 Å². The van der Waals surface area contributed by atoms with Gasteiger partial charge < -0.3 is 15.3 Å². The van der Waals surface area contributed by atoms with E-state index in [-0.39, 0.29) is 19.3 Å². The third kappa shape index (κ3) is 4.93. The number of carboxylic acid groups (broad SMARTS) is 3. The number of hydrogen-bond acceptors (Lipinski definition) is 3. The van der Waals surface area contributed by atoms with Gasteiger partial charge in [-0.25, -0.2) is 4.79 Å². The van der Waals surface area contributed by atoms with Gasteiger partial charge in [-0.05, 0) is 29.2 Å². The second-order valence-electron chi connectivity index (χ2n) is 4.12. The van der Waals surface area contributed by atoms with Crippen LogP contribution in [0, 0.1) is 0 Å². The lowest BCUT2D eigenvalue weighted by Gasteiger charge is -2.10. The van der Waals surface area contributed by atoms with E-state index in [4.69, 9.17) is 15.3 Å². The van der Waals surface area contributed by atoms with E-state index < -0.39 is 17.9 Å². The molecule has 0 aromatic heterocycles. The Morgan fingerprint density at radius 2 is 1.75 bits per heavy atom. The van der Waals surface area contributed by atoms with E-state index >= 15 is 0 Å². The van der Waals surface area contributed by atoms with E-state index in [1.807, 2.05) is 0 Å². The van der Waals surface area contributed by atoms with Crippen LogP contribution in [0.2, 0.25) is 0 Å². The molecule has 0 saturated heterocycles. The van der Waals surface area contributed by atoms with Gasteiger partial charge in [-0.3, -0.25) is 9.59 Å². The maximum atomic E-state index is 10.8. The molecule has 20 heavy (non-hydrogen) atoms. The van der Waals surface area contributed by atoms with Gasteiger partial charge in [0.25, 0.3) is 0 Å². The maximum absolute atomic E-state index is 10.8. The summed E-state index contributed by atoms with van der Waals surface area (Å²) in [6.45, 7) is 0. The highest BCUT2D eigenvalue weighted by Crippen LogP contribution is 2.19. The maximum Gasteiger partial charge on any atom is 0.328 e. The Labute approximate surface area is 115 Å². The normalized spacial score (nSPS) is 10.6. The number of aliphatic carboxylic acids is 3. The van der Waals surface area contributed by atoms with Gasteiger partial charge in [-0.2, -0.15) is 0 Å². The van der Waals surface area contributed by atoms with Crippen LogP contribution in [0.3, 0.4) is 0 Å². The fraction of sp³-hybridized carbons (Fsp3) is 0.214. The summed E-state index contributed by atoms with van der Waals surface area (Å²) < 4.78 is 0. The monoisotopic (exact) mass is 278 g/mol. The third-order valence-electron chi connectivity index (χ3n) is 2.65. The summed E-state index contributed by atoms with van der Waals surface area (Å²) >= 11 is 0. The molecule has 1 aromatic rings. The summed E-state index contributed by atoms with van der Waals surface area (Å²) in [5.74, 6) is -3.15. The Bertz CT molecular complexity index is 559. The molecule has 3 N–H and O–H groups in total. The first kappa shape index (κ1) is 15.4. The van der Waals surface area contributed by atoms with Crippen LogP contribution in [0.1, 0.15) is 23.1 Å². The molecular formula is C14H14O6. The van der Waals surface area contributed by atoms with Crippen molar-refractivity contribution >= 4 is 24.0 Å². The second-order valence-corrected chi connectivity index (χ2v) is 4.12. The molecule has 0 atom stereocenters. The molecule has 0 saturated carbocycles. The van der Waals surface area contributed by atoms with Crippen LogP contribution in [0.25, 0.3) is 6.08 Å². The van der Waals surface area contributed by atoms with Crippen molar-refractivity contribution in [3.05, 3.63) is 41.0 Å².